The fourth-order valence-electron chi connectivity index (χ4n) is 5.58. The van der Waals surface area contributed by atoms with Gasteiger partial charge in [0.15, 0.2) is 5.82 Å². The third kappa shape index (κ3) is 5.81. The first kappa shape index (κ1) is 28.4. The Morgan fingerprint density at radius 3 is 1.93 bits per heavy atom. The second-order valence-electron chi connectivity index (χ2n) is 10.6. The van der Waals surface area contributed by atoms with Gasteiger partial charge in [-0.2, -0.15) is 0 Å². The minimum Gasteiger partial charge on any atom is -0.304 e. The maximum atomic E-state index is 4.97. The Balaban J connectivity index is 0.00000329. The predicted molar refractivity (Wildman–Crippen MR) is 173 cm³/mol. The molecule has 43 heavy (non-hydrogen) atoms. The van der Waals surface area contributed by atoms with Crippen molar-refractivity contribution in [3.05, 3.63) is 151 Å². The van der Waals surface area contributed by atoms with E-state index in [0.29, 0.717) is 5.82 Å². The molecule has 0 N–H and O–H groups in total. The zero-order chi connectivity index (χ0) is 28.5. The molecule has 209 valence electrons. The summed E-state index contributed by atoms with van der Waals surface area (Å²) in [5.74, 6) is 0.661. The predicted octanol–water partition coefficient (Wildman–Crippen LogP) is 9.77. The SMILES string of the molecule is Cc1cc(C)cc(-c2ccccc2-c2c[c-]c(-c3ccc(-c4nc(-c5ccccc5)c5ccccc5n4)cn3)cc2)c1.[Ir]. The van der Waals surface area contributed by atoms with Crippen molar-refractivity contribution in [2.45, 2.75) is 13.8 Å². The van der Waals surface area contributed by atoms with E-state index >= 15 is 0 Å². The first-order valence-electron chi connectivity index (χ1n) is 14.1. The van der Waals surface area contributed by atoms with Crippen LogP contribution in [0.5, 0.6) is 0 Å². The van der Waals surface area contributed by atoms with E-state index < -0.39 is 0 Å². The molecule has 0 aliphatic rings. The van der Waals surface area contributed by atoms with Crippen LogP contribution in [-0.4, -0.2) is 15.0 Å². The van der Waals surface area contributed by atoms with Crippen LogP contribution >= 0.6 is 0 Å². The minimum absolute atomic E-state index is 0. The van der Waals surface area contributed by atoms with Crippen LogP contribution < -0.4 is 0 Å². The summed E-state index contributed by atoms with van der Waals surface area (Å²) in [5, 5.41) is 1.03. The molecule has 1 radical (unpaired) electrons. The molecular formula is C39H28IrN3-. The molecular weight excluding hydrogens is 703 g/mol. The molecule has 0 bridgehead atoms. The van der Waals surface area contributed by atoms with E-state index in [1.54, 1.807) is 0 Å². The second-order valence-corrected chi connectivity index (χ2v) is 10.6. The molecule has 0 spiro atoms. The molecule has 0 aliphatic carbocycles. The van der Waals surface area contributed by atoms with Gasteiger partial charge in [-0.3, -0.25) is 0 Å². The summed E-state index contributed by atoms with van der Waals surface area (Å²) in [7, 11) is 0. The topological polar surface area (TPSA) is 38.7 Å². The van der Waals surface area contributed by atoms with Crippen molar-refractivity contribution in [2.75, 3.05) is 0 Å². The average Bonchev–Trinajstić information content (AvgIpc) is 3.04. The molecule has 5 aromatic carbocycles. The molecule has 0 unspecified atom stereocenters. The Kier molecular flexibility index (Phi) is 8.07. The van der Waals surface area contributed by atoms with Gasteiger partial charge in [0.2, 0.25) is 0 Å². The standard InChI is InChI=1S/C39H28N3.Ir/c1-26-22-27(2)24-32(23-26)34-13-7-6-12-33(34)28-16-18-29(19-17-28)36-21-20-31(25-40-36)39-41-37-15-9-8-14-35(37)38(42-39)30-10-4-3-5-11-30;/h3-18,20-25H,1-2H3;/q-1;. The molecule has 3 nitrogen and oxygen atoms in total. The maximum absolute atomic E-state index is 4.97. The summed E-state index contributed by atoms with van der Waals surface area (Å²) in [4.78, 5) is 14.6. The number of aromatic nitrogens is 3. The Hall–Kier alpha value is -4.76. The molecule has 7 aromatic rings. The van der Waals surface area contributed by atoms with Crippen molar-refractivity contribution in [1.29, 1.82) is 0 Å². The summed E-state index contributed by atoms with van der Waals surface area (Å²) in [5.41, 5.74) is 12.9. The number of rotatable bonds is 5. The molecule has 2 heterocycles. The normalized spacial score (nSPS) is 10.8. The molecule has 0 saturated carbocycles. The monoisotopic (exact) mass is 731 g/mol. The molecule has 7 rings (SSSR count). The number of benzene rings is 5. The van der Waals surface area contributed by atoms with Crippen molar-refractivity contribution in [1.82, 2.24) is 15.0 Å². The fourth-order valence-corrected chi connectivity index (χ4v) is 5.58. The summed E-state index contributed by atoms with van der Waals surface area (Å²) in [6.45, 7) is 4.29. The third-order valence-corrected chi connectivity index (χ3v) is 7.53. The summed E-state index contributed by atoms with van der Waals surface area (Å²) in [6.07, 6.45) is 1.85. The number of nitrogens with zero attached hydrogens (tertiary/aromatic N) is 3. The average molecular weight is 731 g/mol. The van der Waals surface area contributed by atoms with Gasteiger partial charge in [-0.05, 0) is 36.7 Å². The van der Waals surface area contributed by atoms with E-state index in [1.165, 1.54) is 27.8 Å². The van der Waals surface area contributed by atoms with E-state index in [0.717, 1.165) is 44.5 Å². The smallest absolute Gasteiger partial charge is 0.161 e. The number of fused-ring (bicyclic) bond motifs is 1. The Morgan fingerprint density at radius 2 is 1.23 bits per heavy atom. The zero-order valence-corrected chi connectivity index (χ0v) is 26.3. The van der Waals surface area contributed by atoms with E-state index in [2.05, 4.69) is 98.8 Å². The van der Waals surface area contributed by atoms with E-state index in [1.807, 2.05) is 54.7 Å². The van der Waals surface area contributed by atoms with E-state index in [9.17, 15) is 0 Å². The van der Waals surface area contributed by atoms with Crippen LogP contribution in [0.1, 0.15) is 11.1 Å². The van der Waals surface area contributed by atoms with Gasteiger partial charge in [-0.1, -0.05) is 125 Å². The summed E-state index contributed by atoms with van der Waals surface area (Å²) in [6, 6.07) is 47.5. The van der Waals surface area contributed by atoms with Crippen LogP contribution in [0.3, 0.4) is 0 Å². The van der Waals surface area contributed by atoms with Crippen molar-refractivity contribution in [3.8, 4) is 56.2 Å². The second kappa shape index (κ2) is 12.2. The Morgan fingerprint density at radius 1 is 0.558 bits per heavy atom. The zero-order valence-electron chi connectivity index (χ0n) is 23.9. The van der Waals surface area contributed by atoms with Crippen LogP contribution in [0, 0.1) is 19.9 Å². The van der Waals surface area contributed by atoms with E-state index in [4.69, 9.17) is 15.0 Å². The van der Waals surface area contributed by atoms with Gasteiger partial charge in [-0.15, -0.1) is 29.8 Å². The molecule has 0 saturated heterocycles. The van der Waals surface area contributed by atoms with Crippen molar-refractivity contribution in [3.63, 3.8) is 0 Å². The van der Waals surface area contributed by atoms with Gasteiger partial charge < -0.3 is 4.98 Å². The van der Waals surface area contributed by atoms with Gasteiger partial charge >= 0.3 is 0 Å². The first-order valence-corrected chi connectivity index (χ1v) is 14.1. The van der Waals surface area contributed by atoms with Crippen LogP contribution in [0.2, 0.25) is 0 Å². The third-order valence-electron chi connectivity index (χ3n) is 7.53. The number of hydrogen-bond acceptors (Lipinski definition) is 3. The molecule has 0 fully saturated rings. The number of para-hydroxylation sites is 1. The number of aryl methyl sites for hydroxylation is 2. The molecule has 0 amide bonds. The van der Waals surface area contributed by atoms with Crippen molar-refractivity contribution in [2.24, 2.45) is 0 Å². The van der Waals surface area contributed by atoms with Gasteiger partial charge in [0.1, 0.15) is 0 Å². The van der Waals surface area contributed by atoms with Crippen molar-refractivity contribution < 1.29 is 20.1 Å². The van der Waals surface area contributed by atoms with Crippen LogP contribution in [0.4, 0.5) is 0 Å². The fraction of sp³-hybridized carbons (Fsp3) is 0.0513. The largest absolute Gasteiger partial charge is 0.304 e. The molecule has 2 aromatic heterocycles. The quantitative estimate of drug-likeness (QED) is 0.166. The van der Waals surface area contributed by atoms with Gasteiger partial charge in [0.25, 0.3) is 0 Å². The molecule has 0 aliphatic heterocycles. The van der Waals surface area contributed by atoms with Gasteiger partial charge in [-0.25, -0.2) is 9.97 Å². The summed E-state index contributed by atoms with van der Waals surface area (Å²) < 4.78 is 0. The van der Waals surface area contributed by atoms with Crippen LogP contribution in [-0.2, 0) is 20.1 Å². The van der Waals surface area contributed by atoms with Gasteiger partial charge in [0.05, 0.1) is 11.2 Å². The van der Waals surface area contributed by atoms with Crippen molar-refractivity contribution >= 4 is 10.9 Å². The summed E-state index contributed by atoms with van der Waals surface area (Å²) >= 11 is 0. The Labute approximate surface area is 265 Å². The maximum Gasteiger partial charge on any atom is 0.161 e. The Bertz CT molecular complexity index is 2010. The van der Waals surface area contributed by atoms with Crippen LogP contribution in [0.25, 0.3) is 67.1 Å². The van der Waals surface area contributed by atoms with E-state index in [-0.39, 0.29) is 20.1 Å². The molecule has 4 heteroatoms. The minimum atomic E-state index is 0. The number of pyridine rings is 1. The van der Waals surface area contributed by atoms with Crippen LogP contribution in [0.15, 0.2) is 134 Å². The van der Waals surface area contributed by atoms with Gasteiger partial charge in [0, 0.05) is 42.8 Å². The molecule has 0 atom stereocenters. The first-order chi connectivity index (χ1) is 20.6. The number of hydrogen-bond donors (Lipinski definition) is 0.